The molecule has 0 bridgehead atoms. The molecular formula is C11H10Cl2N2O6. The summed E-state index contributed by atoms with van der Waals surface area (Å²) in [5.74, 6) is -2.39. The van der Waals surface area contributed by atoms with Crippen LogP contribution in [0.1, 0.15) is 17.3 Å². The largest absolute Gasteiger partial charge is 0.480 e. The highest BCUT2D eigenvalue weighted by molar-refractivity contribution is 6.43. The number of aliphatic hydroxyl groups excluding tert-OH is 1. The van der Waals surface area contributed by atoms with E-state index in [4.69, 9.17) is 28.3 Å². The van der Waals surface area contributed by atoms with Crippen LogP contribution in [0.2, 0.25) is 10.0 Å². The van der Waals surface area contributed by atoms with Gasteiger partial charge in [0.2, 0.25) is 0 Å². The number of carbonyl (C=O) groups excluding carboxylic acids is 1. The Morgan fingerprint density at radius 2 is 1.95 bits per heavy atom. The monoisotopic (exact) mass is 336 g/mol. The van der Waals surface area contributed by atoms with Gasteiger partial charge in [-0.2, -0.15) is 0 Å². The predicted octanol–water partition coefficient (Wildman–Crippen LogP) is 1.47. The molecule has 0 unspecified atom stereocenters. The number of nitrogens with one attached hydrogen (secondary N) is 1. The first-order valence-corrected chi connectivity index (χ1v) is 6.26. The number of nitro groups is 1. The van der Waals surface area contributed by atoms with Crippen molar-refractivity contribution >= 4 is 40.8 Å². The second-order valence-electron chi connectivity index (χ2n) is 4.08. The van der Waals surface area contributed by atoms with E-state index in [0.717, 1.165) is 12.1 Å². The number of carboxylic acids is 1. The first-order chi connectivity index (χ1) is 9.65. The zero-order valence-corrected chi connectivity index (χ0v) is 12.1. The van der Waals surface area contributed by atoms with Crippen LogP contribution >= 0.6 is 23.2 Å². The van der Waals surface area contributed by atoms with Crippen LogP contribution in [0.15, 0.2) is 12.1 Å². The van der Waals surface area contributed by atoms with Crippen LogP contribution in [-0.2, 0) is 4.79 Å². The van der Waals surface area contributed by atoms with E-state index in [1.807, 2.05) is 5.32 Å². The first kappa shape index (κ1) is 17.2. The van der Waals surface area contributed by atoms with Gasteiger partial charge in [-0.1, -0.05) is 23.2 Å². The molecule has 2 atom stereocenters. The fourth-order valence-electron chi connectivity index (χ4n) is 1.45. The normalized spacial score (nSPS) is 13.3. The molecule has 0 spiro atoms. The SMILES string of the molecule is C[C@@H](O)[C@H](NC(=O)c1cc(Cl)c(Cl)c([N+](=O)[O-])c1)C(=O)O. The fraction of sp³-hybridized carbons (Fsp3) is 0.273. The zero-order valence-electron chi connectivity index (χ0n) is 10.5. The number of nitrogens with zero attached hydrogens (tertiary/aromatic N) is 1. The number of aliphatic carboxylic acids is 1. The Bertz CT molecular complexity index is 605. The molecule has 0 aromatic heterocycles. The number of hydrogen-bond donors (Lipinski definition) is 3. The van der Waals surface area contributed by atoms with Crippen molar-refractivity contribution in [1.82, 2.24) is 5.32 Å². The number of nitro benzene ring substituents is 1. The van der Waals surface area contributed by atoms with E-state index in [2.05, 4.69) is 0 Å². The summed E-state index contributed by atoms with van der Waals surface area (Å²) in [5, 5.41) is 30.4. The van der Waals surface area contributed by atoms with Crippen LogP contribution in [0.4, 0.5) is 5.69 Å². The molecule has 1 aromatic carbocycles. The van der Waals surface area contributed by atoms with Crippen molar-refractivity contribution in [3.05, 3.63) is 37.9 Å². The van der Waals surface area contributed by atoms with Gasteiger partial charge in [-0.15, -0.1) is 0 Å². The van der Waals surface area contributed by atoms with E-state index in [9.17, 15) is 24.8 Å². The van der Waals surface area contributed by atoms with Gasteiger partial charge in [-0.05, 0) is 13.0 Å². The van der Waals surface area contributed by atoms with Gasteiger partial charge in [0.25, 0.3) is 11.6 Å². The lowest BCUT2D eigenvalue weighted by Gasteiger charge is -2.17. The van der Waals surface area contributed by atoms with Crippen molar-refractivity contribution in [2.75, 3.05) is 0 Å². The Morgan fingerprint density at radius 3 is 2.38 bits per heavy atom. The fourth-order valence-corrected chi connectivity index (χ4v) is 1.84. The number of benzene rings is 1. The second-order valence-corrected chi connectivity index (χ2v) is 4.86. The van der Waals surface area contributed by atoms with Crippen molar-refractivity contribution in [2.24, 2.45) is 0 Å². The molecule has 114 valence electrons. The topological polar surface area (TPSA) is 130 Å². The summed E-state index contributed by atoms with van der Waals surface area (Å²) in [6.45, 7) is 1.18. The maximum atomic E-state index is 11.9. The second kappa shape index (κ2) is 6.70. The lowest BCUT2D eigenvalue weighted by atomic mass is 10.1. The molecule has 1 amide bonds. The van der Waals surface area contributed by atoms with Gasteiger partial charge in [0.1, 0.15) is 5.02 Å². The van der Waals surface area contributed by atoms with Gasteiger partial charge in [0.15, 0.2) is 6.04 Å². The molecule has 3 N–H and O–H groups in total. The lowest BCUT2D eigenvalue weighted by molar-refractivity contribution is -0.384. The van der Waals surface area contributed by atoms with E-state index >= 15 is 0 Å². The Balaban J connectivity index is 3.14. The number of aliphatic hydroxyl groups is 1. The van der Waals surface area contributed by atoms with Crippen LogP contribution in [0.3, 0.4) is 0 Å². The maximum Gasteiger partial charge on any atom is 0.328 e. The molecule has 0 fully saturated rings. The van der Waals surface area contributed by atoms with Crippen LogP contribution < -0.4 is 5.32 Å². The number of carbonyl (C=O) groups is 2. The summed E-state index contributed by atoms with van der Waals surface area (Å²) in [4.78, 5) is 32.7. The number of carboxylic acid groups (broad SMARTS) is 1. The number of hydrogen-bond acceptors (Lipinski definition) is 5. The smallest absolute Gasteiger partial charge is 0.328 e. The van der Waals surface area contributed by atoms with Crippen molar-refractivity contribution < 1.29 is 24.7 Å². The molecule has 0 saturated heterocycles. The van der Waals surface area contributed by atoms with Gasteiger partial charge < -0.3 is 15.5 Å². The molecule has 0 radical (unpaired) electrons. The van der Waals surface area contributed by atoms with Gasteiger partial charge in [-0.25, -0.2) is 4.79 Å². The molecule has 8 nitrogen and oxygen atoms in total. The molecule has 0 aliphatic heterocycles. The van der Waals surface area contributed by atoms with E-state index in [-0.39, 0.29) is 15.6 Å². The average Bonchev–Trinajstić information content (AvgIpc) is 2.37. The third-order valence-electron chi connectivity index (χ3n) is 2.50. The minimum Gasteiger partial charge on any atom is -0.480 e. The molecule has 0 aliphatic rings. The Kier molecular flexibility index (Phi) is 5.47. The maximum absolute atomic E-state index is 11.9. The third-order valence-corrected chi connectivity index (χ3v) is 3.29. The summed E-state index contributed by atoms with van der Waals surface area (Å²) in [7, 11) is 0. The average molecular weight is 337 g/mol. The van der Waals surface area contributed by atoms with Crippen LogP contribution in [0.25, 0.3) is 0 Å². The van der Waals surface area contributed by atoms with E-state index < -0.39 is 34.6 Å². The van der Waals surface area contributed by atoms with E-state index in [0.29, 0.717) is 0 Å². The molecule has 0 saturated carbocycles. The van der Waals surface area contributed by atoms with Gasteiger partial charge in [-0.3, -0.25) is 14.9 Å². The standard InChI is InChI=1S/C11H10Cl2N2O6/c1-4(16)9(11(18)19)14-10(17)5-2-6(12)8(13)7(3-5)15(20)21/h2-4,9,16H,1H3,(H,14,17)(H,18,19)/t4-,9+/m1/s1. The summed E-state index contributed by atoms with van der Waals surface area (Å²) >= 11 is 11.3. The molecule has 1 rings (SSSR count). The molecule has 0 heterocycles. The van der Waals surface area contributed by atoms with Gasteiger partial charge >= 0.3 is 5.97 Å². The third kappa shape index (κ3) is 4.03. The molecule has 10 heteroatoms. The summed E-state index contributed by atoms with van der Waals surface area (Å²) in [5.41, 5.74) is -0.832. The Morgan fingerprint density at radius 1 is 1.38 bits per heavy atom. The summed E-state index contributed by atoms with van der Waals surface area (Å²) in [6, 6.07) is 0.364. The van der Waals surface area contributed by atoms with Crippen molar-refractivity contribution in [3.8, 4) is 0 Å². The lowest BCUT2D eigenvalue weighted by Crippen LogP contribution is -2.47. The van der Waals surface area contributed by atoms with E-state index in [1.54, 1.807) is 0 Å². The minimum atomic E-state index is -1.56. The quantitative estimate of drug-likeness (QED) is 0.551. The number of rotatable bonds is 5. The van der Waals surface area contributed by atoms with Gasteiger partial charge in [0, 0.05) is 11.6 Å². The molecule has 21 heavy (non-hydrogen) atoms. The zero-order chi connectivity index (χ0) is 16.3. The highest BCUT2D eigenvalue weighted by Gasteiger charge is 2.27. The van der Waals surface area contributed by atoms with Crippen LogP contribution in [0.5, 0.6) is 0 Å². The van der Waals surface area contributed by atoms with Crippen molar-refractivity contribution in [2.45, 2.75) is 19.1 Å². The number of amides is 1. The van der Waals surface area contributed by atoms with Crippen LogP contribution in [-0.4, -0.2) is 39.2 Å². The van der Waals surface area contributed by atoms with Crippen LogP contribution in [0, 0.1) is 10.1 Å². The Hall–Kier alpha value is -1.90. The summed E-state index contributed by atoms with van der Waals surface area (Å²) < 4.78 is 0. The van der Waals surface area contributed by atoms with Crippen molar-refractivity contribution in [1.29, 1.82) is 0 Å². The first-order valence-electron chi connectivity index (χ1n) is 5.50. The predicted molar refractivity (Wildman–Crippen MR) is 73.7 cm³/mol. The Labute approximate surface area is 128 Å². The van der Waals surface area contributed by atoms with Gasteiger partial charge in [0.05, 0.1) is 16.0 Å². The van der Waals surface area contributed by atoms with E-state index in [1.165, 1.54) is 6.92 Å². The molecule has 1 aromatic rings. The molecule has 0 aliphatic carbocycles. The highest BCUT2D eigenvalue weighted by Crippen LogP contribution is 2.33. The minimum absolute atomic E-state index is 0.222. The van der Waals surface area contributed by atoms with Crippen molar-refractivity contribution in [3.63, 3.8) is 0 Å². The summed E-state index contributed by atoms with van der Waals surface area (Å²) in [6.07, 6.45) is -1.36. The number of halogens is 2. The highest BCUT2D eigenvalue weighted by atomic mass is 35.5. The molecular weight excluding hydrogens is 327 g/mol.